The summed E-state index contributed by atoms with van der Waals surface area (Å²) in [6.07, 6.45) is -0.279. The van der Waals surface area contributed by atoms with Crippen molar-refractivity contribution in [3.63, 3.8) is 0 Å². The van der Waals surface area contributed by atoms with Gasteiger partial charge in [-0.1, -0.05) is 36.4 Å². The molecule has 0 unspecified atom stereocenters. The first kappa shape index (κ1) is 12.5. The lowest BCUT2D eigenvalue weighted by Gasteiger charge is -2.29. The van der Waals surface area contributed by atoms with E-state index in [1.54, 1.807) is 4.90 Å². The molecule has 0 spiro atoms. The van der Waals surface area contributed by atoms with E-state index >= 15 is 0 Å². The fourth-order valence-corrected chi connectivity index (χ4v) is 2.29. The number of nitrogens with zero attached hydrogens (tertiary/aromatic N) is 1. The number of carbonyl (C=O) groups excluding carboxylic acids is 1. The molecule has 0 bridgehead atoms. The van der Waals surface area contributed by atoms with E-state index < -0.39 is 0 Å². The summed E-state index contributed by atoms with van der Waals surface area (Å²) in [4.78, 5) is 13.6. The van der Waals surface area contributed by atoms with Crippen LogP contribution in [-0.4, -0.2) is 19.2 Å². The van der Waals surface area contributed by atoms with Gasteiger partial charge in [-0.3, -0.25) is 4.90 Å². The number of rotatable bonds is 4. The number of cyclic esters (lactones) is 1. The molecule has 102 valence electrons. The summed E-state index contributed by atoms with van der Waals surface area (Å²) in [6, 6.07) is 17.8. The number of anilines is 2. The molecule has 20 heavy (non-hydrogen) atoms. The predicted octanol–water partition coefficient (Wildman–Crippen LogP) is 3.26. The van der Waals surface area contributed by atoms with Crippen molar-refractivity contribution in [1.82, 2.24) is 0 Å². The zero-order valence-electron chi connectivity index (χ0n) is 11.1. The third-order valence-electron chi connectivity index (χ3n) is 3.29. The van der Waals surface area contributed by atoms with Crippen LogP contribution in [-0.2, 0) is 11.3 Å². The summed E-state index contributed by atoms with van der Waals surface area (Å²) in [5, 5.41) is 3.29. The van der Waals surface area contributed by atoms with Gasteiger partial charge < -0.3 is 10.1 Å². The molecule has 0 aliphatic carbocycles. The van der Waals surface area contributed by atoms with E-state index in [1.807, 2.05) is 54.6 Å². The standard InChI is InChI=1S/C16H16N2O2/c19-16-18(11-10-17-14-7-2-1-3-8-14)15-9-5-4-6-13(15)12-20-16/h1-9,17H,10-12H2. The number of fused-ring (bicyclic) bond motifs is 1. The second-order valence-electron chi connectivity index (χ2n) is 4.63. The Morgan fingerprint density at radius 1 is 1.05 bits per heavy atom. The molecular weight excluding hydrogens is 252 g/mol. The highest BCUT2D eigenvalue weighted by Gasteiger charge is 2.24. The number of para-hydroxylation sites is 2. The molecule has 1 heterocycles. The molecule has 2 aromatic carbocycles. The molecule has 1 aliphatic rings. The van der Waals surface area contributed by atoms with E-state index in [0.29, 0.717) is 19.7 Å². The molecule has 3 rings (SSSR count). The Labute approximate surface area is 118 Å². The fourth-order valence-electron chi connectivity index (χ4n) is 2.29. The van der Waals surface area contributed by atoms with Crippen molar-refractivity contribution in [1.29, 1.82) is 0 Å². The number of amides is 1. The summed E-state index contributed by atoms with van der Waals surface area (Å²) in [7, 11) is 0. The number of carbonyl (C=O) groups is 1. The summed E-state index contributed by atoms with van der Waals surface area (Å²) in [5.41, 5.74) is 3.04. The first-order valence-electron chi connectivity index (χ1n) is 6.66. The average molecular weight is 268 g/mol. The summed E-state index contributed by atoms with van der Waals surface area (Å²) >= 11 is 0. The summed E-state index contributed by atoms with van der Waals surface area (Å²) in [6.45, 7) is 1.61. The van der Waals surface area contributed by atoms with Crippen molar-refractivity contribution < 1.29 is 9.53 Å². The number of hydrogen-bond acceptors (Lipinski definition) is 3. The van der Waals surface area contributed by atoms with E-state index in [2.05, 4.69) is 5.32 Å². The molecule has 0 fully saturated rings. The van der Waals surface area contributed by atoms with Crippen LogP contribution in [0, 0.1) is 0 Å². The molecule has 1 N–H and O–H groups in total. The van der Waals surface area contributed by atoms with Crippen LogP contribution in [0.5, 0.6) is 0 Å². The molecule has 0 radical (unpaired) electrons. The van der Waals surface area contributed by atoms with E-state index in [9.17, 15) is 4.79 Å². The van der Waals surface area contributed by atoms with Crippen LogP contribution in [0.3, 0.4) is 0 Å². The molecule has 1 aliphatic heterocycles. The largest absolute Gasteiger partial charge is 0.444 e. The second kappa shape index (κ2) is 5.65. The van der Waals surface area contributed by atoms with Crippen molar-refractivity contribution in [2.45, 2.75) is 6.61 Å². The number of benzene rings is 2. The van der Waals surface area contributed by atoms with E-state index in [0.717, 1.165) is 16.9 Å². The maximum atomic E-state index is 11.9. The van der Waals surface area contributed by atoms with Crippen LogP contribution < -0.4 is 10.2 Å². The lowest BCUT2D eigenvalue weighted by atomic mass is 10.1. The predicted molar refractivity (Wildman–Crippen MR) is 78.9 cm³/mol. The zero-order chi connectivity index (χ0) is 13.8. The molecule has 0 atom stereocenters. The van der Waals surface area contributed by atoms with Crippen LogP contribution in [0.2, 0.25) is 0 Å². The zero-order valence-corrected chi connectivity index (χ0v) is 11.1. The Balaban J connectivity index is 1.66. The maximum absolute atomic E-state index is 11.9. The van der Waals surface area contributed by atoms with Crippen molar-refractivity contribution in [3.05, 3.63) is 60.2 Å². The van der Waals surface area contributed by atoms with Crippen molar-refractivity contribution in [3.8, 4) is 0 Å². The summed E-state index contributed by atoms with van der Waals surface area (Å²) in [5.74, 6) is 0. The molecular formula is C16H16N2O2. The normalized spacial score (nSPS) is 13.6. The quantitative estimate of drug-likeness (QED) is 0.925. The second-order valence-corrected chi connectivity index (χ2v) is 4.63. The van der Waals surface area contributed by atoms with Gasteiger partial charge in [-0.05, 0) is 18.2 Å². The first-order chi connectivity index (χ1) is 9.84. The number of ether oxygens (including phenoxy) is 1. The monoisotopic (exact) mass is 268 g/mol. The Kier molecular flexibility index (Phi) is 3.54. The van der Waals surface area contributed by atoms with Crippen LogP contribution in [0.25, 0.3) is 0 Å². The molecule has 0 aromatic heterocycles. The van der Waals surface area contributed by atoms with Gasteiger partial charge in [0, 0.05) is 24.3 Å². The molecule has 0 saturated carbocycles. The van der Waals surface area contributed by atoms with Crippen molar-refractivity contribution >= 4 is 17.5 Å². The van der Waals surface area contributed by atoms with Crippen molar-refractivity contribution in [2.75, 3.05) is 23.3 Å². The van der Waals surface area contributed by atoms with E-state index in [-0.39, 0.29) is 6.09 Å². The lowest BCUT2D eigenvalue weighted by molar-refractivity contribution is 0.142. The van der Waals surface area contributed by atoms with Gasteiger partial charge in [0.25, 0.3) is 0 Å². The van der Waals surface area contributed by atoms with Gasteiger partial charge in [-0.2, -0.15) is 0 Å². The highest BCUT2D eigenvalue weighted by molar-refractivity contribution is 5.90. The third kappa shape index (κ3) is 2.59. The Bertz CT molecular complexity index is 598. The van der Waals surface area contributed by atoms with E-state index in [4.69, 9.17) is 4.74 Å². The first-order valence-corrected chi connectivity index (χ1v) is 6.66. The Morgan fingerprint density at radius 2 is 1.80 bits per heavy atom. The smallest absolute Gasteiger partial charge is 0.414 e. The SMILES string of the molecule is O=C1OCc2ccccc2N1CCNc1ccccc1. The summed E-state index contributed by atoms with van der Waals surface area (Å²) < 4.78 is 5.18. The number of nitrogens with one attached hydrogen (secondary N) is 1. The van der Waals surface area contributed by atoms with Crippen LogP contribution in [0.15, 0.2) is 54.6 Å². The number of hydrogen-bond donors (Lipinski definition) is 1. The molecule has 4 nitrogen and oxygen atoms in total. The van der Waals surface area contributed by atoms with Gasteiger partial charge in [0.1, 0.15) is 6.61 Å². The highest BCUT2D eigenvalue weighted by atomic mass is 16.6. The van der Waals surface area contributed by atoms with Gasteiger partial charge in [0.05, 0.1) is 5.69 Å². The maximum Gasteiger partial charge on any atom is 0.414 e. The molecule has 2 aromatic rings. The molecule has 0 saturated heterocycles. The van der Waals surface area contributed by atoms with Gasteiger partial charge in [0.15, 0.2) is 0 Å². The molecule has 4 heteroatoms. The van der Waals surface area contributed by atoms with Crippen LogP contribution in [0.4, 0.5) is 16.2 Å². The minimum absolute atomic E-state index is 0.279. The van der Waals surface area contributed by atoms with Crippen LogP contribution in [0.1, 0.15) is 5.56 Å². The minimum atomic E-state index is -0.279. The van der Waals surface area contributed by atoms with Gasteiger partial charge in [-0.25, -0.2) is 4.79 Å². The Morgan fingerprint density at radius 3 is 2.65 bits per heavy atom. The van der Waals surface area contributed by atoms with E-state index in [1.165, 1.54) is 0 Å². The fraction of sp³-hybridized carbons (Fsp3) is 0.188. The molecule has 1 amide bonds. The topological polar surface area (TPSA) is 41.6 Å². The van der Waals surface area contributed by atoms with Gasteiger partial charge in [-0.15, -0.1) is 0 Å². The lowest BCUT2D eigenvalue weighted by Crippen LogP contribution is -2.38. The third-order valence-corrected chi connectivity index (χ3v) is 3.29. The minimum Gasteiger partial charge on any atom is -0.444 e. The highest BCUT2D eigenvalue weighted by Crippen LogP contribution is 2.26. The average Bonchev–Trinajstić information content (AvgIpc) is 2.50. The van der Waals surface area contributed by atoms with Crippen molar-refractivity contribution in [2.24, 2.45) is 0 Å². The van der Waals surface area contributed by atoms with Gasteiger partial charge >= 0.3 is 6.09 Å². The van der Waals surface area contributed by atoms with Gasteiger partial charge in [0.2, 0.25) is 0 Å². The Hall–Kier alpha value is -2.49. The van der Waals surface area contributed by atoms with Crippen LogP contribution >= 0.6 is 0 Å².